The summed E-state index contributed by atoms with van der Waals surface area (Å²) in [5.41, 5.74) is 2.64. The Kier molecular flexibility index (Phi) is 6.22. The molecule has 0 saturated carbocycles. The van der Waals surface area contributed by atoms with Crippen molar-refractivity contribution < 1.29 is 23.7 Å². The first-order valence-electron chi connectivity index (χ1n) is 10.1. The highest BCUT2D eigenvalue weighted by atomic mass is 16.5. The third kappa shape index (κ3) is 4.41. The quantitative estimate of drug-likeness (QED) is 0.648. The second-order valence-electron chi connectivity index (χ2n) is 7.23. The average Bonchev–Trinajstić information content (AvgIpc) is 3.25. The Balaban J connectivity index is 1.46. The van der Waals surface area contributed by atoms with E-state index in [-0.39, 0.29) is 5.91 Å². The minimum Gasteiger partial charge on any atom is -0.493 e. The number of methoxy groups -OCH3 is 3. The molecule has 0 bridgehead atoms. The molecule has 31 heavy (non-hydrogen) atoms. The van der Waals surface area contributed by atoms with Gasteiger partial charge in [-0.15, -0.1) is 0 Å². The zero-order valence-electron chi connectivity index (χ0n) is 18.0. The molecule has 0 unspecified atom stereocenters. The third-order valence-corrected chi connectivity index (χ3v) is 5.35. The smallest absolute Gasteiger partial charge is 0.247 e. The van der Waals surface area contributed by atoms with Crippen LogP contribution in [0.5, 0.6) is 17.2 Å². The number of ether oxygens (including phenoxy) is 4. The summed E-state index contributed by atoms with van der Waals surface area (Å²) in [5.74, 6) is 2.18. The maximum atomic E-state index is 12.8. The molecule has 2 aliphatic rings. The van der Waals surface area contributed by atoms with Crippen molar-refractivity contribution in [2.24, 2.45) is 0 Å². The first-order chi connectivity index (χ1) is 15.1. The first kappa shape index (κ1) is 20.9. The second kappa shape index (κ2) is 9.22. The Morgan fingerprint density at radius 1 is 1.06 bits per heavy atom. The Hall–Kier alpha value is -3.33. The van der Waals surface area contributed by atoms with Crippen molar-refractivity contribution >= 4 is 17.9 Å². The first-order valence-corrected chi connectivity index (χ1v) is 10.1. The number of fused-ring (bicyclic) bond motifs is 1. The van der Waals surface area contributed by atoms with Gasteiger partial charge in [0.15, 0.2) is 11.5 Å². The number of rotatable bonds is 6. The van der Waals surface area contributed by atoms with E-state index in [0.717, 1.165) is 29.9 Å². The molecule has 1 aromatic heterocycles. The predicted molar refractivity (Wildman–Crippen MR) is 114 cm³/mol. The fraction of sp³-hybridized carbons (Fsp3) is 0.409. The van der Waals surface area contributed by atoms with Gasteiger partial charge in [0.05, 0.1) is 46.8 Å². The number of anilines is 1. The Morgan fingerprint density at radius 3 is 2.42 bits per heavy atom. The molecule has 0 N–H and O–H groups in total. The van der Waals surface area contributed by atoms with Gasteiger partial charge in [-0.3, -0.25) is 4.79 Å². The summed E-state index contributed by atoms with van der Waals surface area (Å²) in [5, 5.41) is 0. The predicted octanol–water partition coefficient (Wildman–Crippen LogP) is 1.89. The van der Waals surface area contributed by atoms with Crippen LogP contribution in [0.25, 0.3) is 6.08 Å². The van der Waals surface area contributed by atoms with Crippen molar-refractivity contribution in [1.82, 2.24) is 14.9 Å². The minimum absolute atomic E-state index is 0.0975. The number of carbonyl (C=O) groups is 1. The summed E-state index contributed by atoms with van der Waals surface area (Å²) in [6, 6.07) is 3.59. The highest BCUT2D eigenvalue weighted by Crippen LogP contribution is 2.38. The SMILES string of the molecule is COc1cc(C=CC(=O)N2Cc3cnc(N4CCOCC4)nc3C2)cc(OC)c1OC. The number of hydrogen-bond acceptors (Lipinski definition) is 8. The van der Waals surface area contributed by atoms with Gasteiger partial charge in [0.1, 0.15) is 0 Å². The third-order valence-electron chi connectivity index (χ3n) is 5.35. The number of amides is 1. The average molecular weight is 426 g/mol. The van der Waals surface area contributed by atoms with Crippen LogP contribution in [0.1, 0.15) is 16.8 Å². The maximum absolute atomic E-state index is 12.8. The Bertz CT molecular complexity index is 963. The van der Waals surface area contributed by atoms with Gasteiger partial charge in [0.2, 0.25) is 17.6 Å². The van der Waals surface area contributed by atoms with Gasteiger partial charge in [0, 0.05) is 37.5 Å². The van der Waals surface area contributed by atoms with E-state index >= 15 is 0 Å². The van der Waals surface area contributed by atoms with E-state index in [1.54, 1.807) is 50.5 Å². The summed E-state index contributed by atoms with van der Waals surface area (Å²) in [4.78, 5) is 25.8. The van der Waals surface area contributed by atoms with E-state index in [0.29, 0.717) is 49.5 Å². The summed E-state index contributed by atoms with van der Waals surface area (Å²) in [6.07, 6.45) is 5.10. The normalized spacial score (nSPS) is 15.8. The zero-order chi connectivity index (χ0) is 21.8. The van der Waals surface area contributed by atoms with E-state index in [1.807, 2.05) is 6.20 Å². The van der Waals surface area contributed by atoms with E-state index in [1.165, 1.54) is 0 Å². The number of nitrogens with zero attached hydrogens (tertiary/aromatic N) is 4. The van der Waals surface area contributed by atoms with Gasteiger partial charge in [-0.2, -0.15) is 0 Å². The highest BCUT2D eigenvalue weighted by molar-refractivity contribution is 5.92. The molecule has 1 amide bonds. The molecule has 1 saturated heterocycles. The van der Waals surface area contributed by atoms with Crippen LogP contribution < -0.4 is 19.1 Å². The highest BCUT2D eigenvalue weighted by Gasteiger charge is 2.25. The Labute approximate surface area is 181 Å². The number of benzene rings is 1. The van der Waals surface area contributed by atoms with Gasteiger partial charge in [0.25, 0.3) is 0 Å². The molecule has 3 heterocycles. The largest absolute Gasteiger partial charge is 0.493 e. The molecule has 2 aliphatic heterocycles. The van der Waals surface area contributed by atoms with Gasteiger partial charge >= 0.3 is 0 Å². The lowest BCUT2D eigenvalue weighted by molar-refractivity contribution is -0.126. The molecule has 0 aliphatic carbocycles. The molecule has 0 spiro atoms. The molecule has 2 aromatic rings. The molecule has 1 aromatic carbocycles. The van der Waals surface area contributed by atoms with Gasteiger partial charge < -0.3 is 28.7 Å². The van der Waals surface area contributed by atoms with Crippen LogP contribution in [0.3, 0.4) is 0 Å². The molecular formula is C22H26N4O5. The topological polar surface area (TPSA) is 86.3 Å². The summed E-state index contributed by atoms with van der Waals surface area (Å²) in [7, 11) is 4.67. The van der Waals surface area contributed by atoms with Crippen molar-refractivity contribution in [3.8, 4) is 17.2 Å². The van der Waals surface area contributed by atoms with Gasteiger partial charge in [-0.05, 0) is 23.8 Å². The molecule has 4 rings (SSSR count). The van der Waals surface area contributed by atoms with Crippen LogP contribution >= 0.6 is 0 Å². The molecule has 1 fully saturated rings. The zero-order valence-corrected chi connectivity index (χ0v) is 18.0. The van der Waals surface area contributed by atoms with Crippen LogP contribution in [0.4, 0.5) is 5.95 Å². The van der Waals surface area contributed by atoms with E-state index in [2.05, 4.69) is 14.9 Å². The molecular weight excluding hydrogens is 400 g/mol. The van der Waals surface area contributed by atoms with Crippen LogP contribution in [-0.2, 0) is 22.6 Å². The summed E-state index contributed by atoms with van der Waals surface area (Å²) >= 11 is 0. The van der Waals surface area contributed by atoms with E-state index in [4.69, 9.17) is 18.9 Å². The van der Waals surface area contributed by atoms with Crippen molar-refractivity contribution in [1.29, 1.82) is 0 Å². The molecule has 164 valence electrons. The fourth-order valence-corrected chi connectivity index (χ4v) is 3.68. The Morgan fingerprint density at radius 2 is 1.77 bits per heavy atom. The maximum Gasteiger partial charge on any atom is 0.247 e. The molecule has 9 nitrogen and oxygen atoms in total. The standard InChI is InChI=1S/C22H26N4O5/c1-28-18-10-15(11-19(29-2)21(18)30-3)4-5-20(27)26-13-16-12-23-22(24-17(16)14-26)25-6-8-31-9-7-25/h4-5,10-12H,6-9,13-14H2,1-3H3. The van der Waals surface area contributed by atoms with Crippen LogP contribution in [0.2, 0.25) is 0 Å². The number of hydrogen-bond donors (Lipinski definition) is 0. The lowest BCUT2D eigenvalue weighted by atomic mass is 10.1. The van der Waals surface area contributed by atoms with Crippen molar-refractivity contribution in [2.45, 2.75) is 13.1 Å². The molecule has 0 atom stereocenters. The second-order valence-corrected chi connectivity index (χ2v) is 7.23. The monoisotopic (exact) mass is 426 g/mol. The van der Waals surface area contributed by atoms with Crippen molar-refractivity contribution in [3.63, 3.8) is 0 Å². The molecule has 0 radical (unpaired) electrons. The van der Waals surface area contributed by atoms with Crippen LogP contribution in [0.15, 0.2) is 24.4 Å². The lowest BCUT2D eigenvalue weighted by Gasteiger charge is -2.26. The number of aromatic nitrogens is 2. The van der Waals surface area contributed by atoms with Crippen molar-refractivity contribution in [2.75, 3.05) is 52.5 Å². The van der Waals surface area contributed by atoms with E-state index < -0.39 is 0 Å². The fourth-order valence-electron chi connectivity index (χ4n) is 3.68. The summed E-state index contributed by atoms with van der Waals surface area (Å²) < 4.78 is 21.5. The van der Waals surface area contributed by atoms with Gasteiger partial charge in [-0.25, -0.2) is 9.97 Å². The van der Waals surface area contributed by atoms with E-state index in [9.17, 15) is 4.79 Å². The van der Waals surface area contributed by atoms with Crippen LogP contribution in [0, 0.1) is 0 Å². The number of carbonyl (C=O) groups excluding carboxylic acids is 1. The van der Waals surface area contributed by atoms with Crippen molar-refractivity contribution in [3.05, 3.63) is 41.2 Å². The van der Waals surface area contributed by atoms with Crippen LogP contribution in [-0.4, -0.2) is 68.4 Å². The van der Waals surface area contributed by atoms with Gasteiger partial charge in [-0.1, -0.05) is 0 Å². The molecule has 9 heteroatoms. The summed E-state index contributed by atoms with van der Waals surface area (Å²) in [6.45, 7) is 3.87. The minimum atomic E-state index is -0.0975. The number of morpholine rings is 1. The lowest BCUT2D eigenvalue weighted by Crippen LogP contribution is -2.37.